The highest BCUT2D eigenvalue weighted by molar-refractivity contribution is 9.10. The number of carbonyl (C=O) groups excluding carboxylic acids is 2. The molecule has 5 nitrogen and oxygen atoms in total. The molecule has 2 atom stereocenters. The lowest BCUT2D eigenvalue weighted by atomic mass is 9.49. The summed E-state index contributed by atoms with van der Waals surface area (Å²) in [6, 6.07) is 1.49. The molecule has 27 heavy (non-hydrogen) atoms. The molecular formula is C19H21BrCl2N2O3. The second-order valence-corrected chi connectivity index (χ2v) is 11.0. The van der Waals surface area contributed by atoms with Crippen LogP contribution >= 0.6 is 39.1 Å². The molecule has 0 saturated heterocycles. The Morgan fingerprint density at radius 3 is 2.59 bits per heavy atom. The van der Waals surface area contributed by atoms with Crippen molar-refractivity contribution in [2.24, 2.45) is 17.3 Å². The molecule has 0 aliphatic heterocycles. The molecular weight excluding hydrogens is 455 g/mol. The van der Waals surface area contributed by atoms with Crippen LogP contribution in [0, 0.1) is 17.3 Å². The maximum absolute atomic E-state index is 12.4. The van der Waals surface area contributed by atoms with Gasteiger partial charge in [-0.2, -0.15) is 0 Å². The summed E-state index contributed by atoms with van der Waals surface area (Å²) in [6.07, 6.45) is 8.73. The molecule has 1 aromatic rings. The Kier molecular flexibility index (Phi) is 5.19. The van der Waals surface area contributed by atoms with E-state index in [1.165, 1.54) is 31.5 Å². The third-order valence-electron chi connectivity index (χ3n) is 6.06. The predicted octanol–water partition coefficient (Wildman–Crippen LogP) is 4.99. The van der Waals surface area contributed by atoms with Gasteiger partial charge in [0.25, 0.3) is 5.91 Å². The zero-order chi connectivity index (χ0) is 19.2. The number of aromatic nitrogens is 1. The van der Waals surface area contributed by atoms with Crippen molar-refractivity contribution in [2.75, 3.05) is 11.9 Å². The van der Waals surface area contributed by atoms with Gasteiger partial charge in [-0.3, -0.25) is 9.59 Å². The first-order valence-electron chi connectivity index (χ1n) is 9.20. The summed E-state index contributed by atoms with van der Waals surface area (Å²) in [6.45, 7) is -0.345. The number of esters is 1. The van der Waals surface area contributed by atoms with Crippen LogP contribution in [0.3, 0.4) is 0 Å². The SMILES string of the molecule is O=C(COC(=O)CC12CC3CC(CC(Br)(C3)C1)C2)Nc1ncc(Cl)cc1Cl. The monoisotopic (exact) mass is 474 g/mol. The average molecular weight is 476 g/mol. The fourth-order valence-corrected chi connectivity index (χ4v) is 7.66. The van der Waals surface area contributed by atoms with Crippen molar-refractivity contribution < 1.29 is 14.3 Å². The molecule has 4 bridgehead atoms. The Labute approximate surface area is 176 Å². The molecule has 4 fully saturated rings. The van der Waals surface area contributed by atoms with Crippen LogP contribution in [0.1, 0.15) is 44.9 Å². The summed E-state index contributed by atoms with van der Waals surface area (Å²) in [4.78, 5) is 28.4. The zero-order valence-electron chi connectivity index (χ0n) is 14.8. The standard InChI is InChI=1S/C19H21BrCl2N2O3/c20-19-5-11-1-12(6-19)4-18(3-11,10-19)7-16(26)27-9-15(25)24-17-14(22)2-13(21)8-23-17/h2,8,11-12H,1,3-7,9-10H2,(H,23,24,25). The number of amides is 1. The summed E-state index contributed by atoms with van der Waals surface area (Å²) < 4.78 is 5.45. The number of nitrogens with zero attached hydrogens (tertiary/aromatic N) is 1. The highest BCUT2D eigenvalue weighted by Gasteiger charge is 2.57. The number of carbonyl (C=O) groups is 2. The van der Waals surface area contributed by atoms with E-state index < -0.39 is 5.91 Å². The van der Waals surface area contributed by atoms with Gasteiger partial charge in [0.05, 0.1) is 16.5 Å². The Morgan fingerprint density at radius 1 is 1.26 bits per heavy atom. The lowest BCUT2D eigenvalue weighted by Crippen LogP contribution is -2.53. The Balaban J connectivity index is 1.30. The van der Waals surface area contributed by atoms with Crippen molar-refractivity contribution in [2.45, 2.75) is 49.3 Å². The van der Waals surface area contributed by atoms with Gasteiger partial charge in [0.15, 0.2) is 12.4 Å². The van der Waals surface area contributed by atoms with Crippen molar-refractivity contribution >= 4 is 56.8 Å². The van der Waals surface area contributed by atoms with Gasteiger partial charge in [0.1, 0.15) is 0 Å². The normalized spacial score (nSPS) is 33.7. The molecule has 1 heterocycles. The zero-order valence-corrected chi connectivity index (χ0v) is 17.9. The molecule has 0 aromatic carbocycles. The van der Waals surface area contributed by atoms with E-state index in [1.807, 2.05) is 0 Å². The van der Waals surface area contributed by atoms with Crippen LogP contribution in [-0.2, 0) is 14.3 Å². The second-order valence-electron chi connectivity index (χ2n) is 8.48. The van der Waals surface area contributed by atoms with Gasteiger partial charge in [0, 0.05) is 10.5 Å². The van der Waals surface area contributed by atoms with Crippen LogP contribution in [-0.4, -0.2) is 27.8 Å². The van der Waals surface area contributed by atoms with Crippen molar-refractivity contribution in [3.05, 3.63) is 22.3 Å². The van der Waals surface area contributed by atoms with Gasteiger partial charge in [-0.15, -0.1) is 0 Å². The van der Waals surface area contributed by atoms with Crippen LogP contribution in [0.2, 0.25) is 10.0 Å². The number of anilines is 1. The molecule has 1 amide bonds. The lowest BCUT2D eigenvalue weighted by Gasteiger charge is -2.60. The topological polar surface area (TPSA) is 68.3 Å². The first-order chi connectivity index (χ1) is 12.7. The third kappa shape index (κ3) is 4.28. The minimum Gasteiger partial charge on any atom is -0.456 e. The van der Waals surface area contributed by atoms with Crippen LogP contribution < -0.4 is 5.32 Å². The molecule has 146 valence electrons. The van der Waals surface area contributed by atoms with Gasteiger partial charge in [0.2, 0.25) is 0 Å². The summed E-state index contributed by atoms with van der Waals surface area (Å²) in [5.41, 5.74) is 0.0299. The van der Waals surface area contributed by atoms with Gasteiger partial charge >= 0.3 is 5.97 Å². The van der Waals surface area contributed by atoms with Crippen molar-refractivity contribution in [1.29, 1.82) is 0 Å². The van der Waals surface area contributed by atoms with Crippen molar-refractivity contribution in [1.82, 2.24) is 4.98 Å². The number of ether oxygens (including phenoxy) is 1. The maximum atomic E-state index is 12.4. The van der Waals surface area contributed by atoms with E-state index in [0.29, 0.717) is 23.3 Å². The fourth-order valence-electron chi connectivity index (χ4n) is 5.72. The van der Waals surface area contributed by atoms with Gasteiger partial charge in [-0.25, -0.2) is 4.98 Å². The van der Waals surface area contributed by atoms with E-state index in [-0.39, 0.29) is 33.2 Å². The quantitative estimate of drug-likeness (QED) is 0.480. The number of hydrogen-bond acceptors (Lipinski definition) is 4. The van der Waals surface area contributed by atoms with E-state index in [0.717, 1.165) is 19.3 Å². The van der Waals surface area contributed by atoms with E-state index >= 15 is 0 Å². The van der Waals surface area contributed by atoms with Crippen molar-refractivity contribution in [3.63, 3.8) is 0 Å². The summed E-state index contributed by atoms with van der Waals surface area (Å²) in [7, 11) is 0. The Morgan fingerprint density at radius 2 is 1.96 bits per heavy atom. The summed E-state index contributed by atoms with van der Waals surface area (Å²) in [5, 5.41) is 3.15. The summed E-state index contributed by atoms with van der Waals surface area (Å²) >= 11 is 15.7. The van der Waals surface area contributed by atoms with Gasteiger partial charge in [-0.1, -0.05) is 39.1 Å². The van der Waals surface area contributed by atoms with Gasteiger partial charge < -0.3 is 10.1 Å². The molecule has 2 unspecified atom stereocenters. The molecule has 1 aromatic heterocycles. The Hall–Kier alpha value is -0.850. The molecule has 0 spiro atoms. The largest absolute Gasteiger partial charge is 0.456 e. The highest BCUT2D eigenvalue weighted by atomic mass is 79.9. The van der Waals surface area contributed by atoms with E-state index in [9.17, 15) is 9.59 Å². The number of hydrogen-bond donors (Lipinski definition) is 1. The minimum atomic E-state index is -0.470. The van der Waals surface area contributed by atoms with Crippen LogP contribution in [0.5, 0.6) is 0 Å². The molecule has 0 radical (unpaired) electrons. The van der Waals surface area contributed by atoms with Crippen LogP contribution in [0.25, 0.3) is 0 Å². The molecule has 4 saturated carbocycles. The first-order valence-corrected chi connectivity index (χ1v) is 10.7. The summed E-state index contributed by atoms with van der Waals surface area (Å²) in [5.74, 6) is 0.838. The smallest absolute Gasteiger partial charge is 0.306 e. The molecule has 5 rings (SSSR count). The highest BCUT2D eigenvalue weighted by Crippen LogP contribution is 2.65. The van der Waals surface area contributed by atoms with E-state index in [2.05, 4.69) is 26.2 Å². The first kappa shape index (κ1) is 19.5. The van der Waals surface area contributed by atoms with E-state index in [1.54, 1.807) is 0 Å². The molecule has 4 aliphatic rings. The number of nitrogens with one attached hydrogen (secondary N) is 1. The number of halogens is 3. The van der Waals surface area contributed by atoms with Gasteiger partial charge in [-0.05, 0) is 61.8 Å². The maximum Gasteiger partial charge on any atom is 0.306 e. The number of rotatable bonds is 5. The van der Waals surface area contributed by atoms with Crippen LogP contribution in [0.4, 0.5) is 5.82 Å². The third-order valence-corrected chi connectivity index (χ3v) is 7.48. The Bertz CT molecular complexity index is 774. The number of alkyl halides is 1. The lowest BCUT2D eigenvalue weighted by molar-refractivity contribution is -0.153. The molecule has 1 N–H and O–H groups in total. The fraction of sp³-hybridized carbons (Fsp3) is 0.632. The average Bonchev–Trinajstić information content (AvgIpc) is 2.53. The van der Waals surface area contributed by atoms with Crippen LogP contribution in [0.15, 0.2) is 12.3 Å². The molecule has 4 aliphatic carbocycles. The minimum absolute atomic E-state index is 0.0299. The van der Waals surface area contributed by atoms with E-state index in [4.69, 9.17) is 27.9 Å². The molecule has 8 heteroatoms. The number of pyridine rings is 1. The second kappa shape index (κ2) is 7.20. The predicted molar refractivity (Wildman–Crippen MR) is 107 cm³/mol. The van der Waals surface area contributed by atoms with Crippen molar-refractivity contribution in [3.8, 4) is 0 Å².